The summed E-state index contributed by atoms with van der Waals surface area (Å²) in [6.07, 6.45) is 2.79. The van der Waals surface area contributed by atoms with Crippen molar-refractivity contribution < 1.29 is 8.42 Å². The van der Waals surface area contributed by atoms with Crippen LogP contribution in [-0.2, 0) is 10.0 Å². The van der Waals surface area contributed by atoms with Crippen molar-refractivity contribution in [3.8, 4) is 0 Å². The highest BCUT2D eigenvalue weighted by Crippen LogP contribution is 2.17. The second-order valence-corrected chi connectivity index (χ2v) is 6.62. The van der Waals surface area contributed by atoms with E-state index in [9.17, 15) is 8.42 Å². The molecule has 0 spiro atoms. The minimum Gasteiger partial charge on any atom is -0.314 e. The number of H-pyrrole nitrogens is 1. The number of rotatable bonds is 3. The maximum absolute atomic E-state index is 12.2. The molecule has 1 aromatic rings. The van der Waals surface area contributed by atoms with Gasteiger partial charge in [0.25, 0.3) is 0 Å². The van der Waals surface area contributed by atoms with Gasteiger partial charge in [-0.2, -0.15) is 9.40 Å². The van der Waals surface area contributed by atoms with Crippen LogP contribution in [0.5, 0.6) is 0 Å². The lowest BCUT2D eigenvalue weighted by Gasteiger charge is -2.42. The van der Waals surface area contributed by atoms with Gasteiger partial charge in [0.05, 0.1) is 6.20 Å². The summed E-state index contributed by atoms with van der Waals surface area (Å²) in [5.41, 5.74) is 0. The molecule has 1 aromatic heterocycles. The SMILES string of the molecule is O=S(=O)(c1cn[nH]c1)N1CCN(C2CNC2)CC1. The molecule has 0 radical (unpaired) electrons. The van der Waals surface area contributed by atoms with Crippen LogP contribution in [-0.4, -0.2) is 73.1 Å². The van der Waals surface area contributed by atoms with Crippen LogP contribution >= 0.6 is 0 Å². The van der Waals surface area contributed by atoms with Crippen LogP contribution in [0.2, 0.25) is 0 Å². The fraction of sp³-hybridized carbons (Fsp3) is 0.700. The summed E-state index contributed by atoms with van der Waals surface area (Å²) >= 11 is 0. The summed E-state index contributed by atoms with van der Waals surface area (Å²) in [6.45, 7) is 4.78. The van der Waals surface area contributed by atoms with Crippen molar-refractivity contribution in [3.63, 3.8) is 0 Å². The van der Waals surface area contributed by atoms with E-state index in [1.54, 1.807) is 4.31 Å². The lowest BCUT2D eigenvalue weighted by molar-refractivity contribution is 0.103. The van der Waals surface area contributed by atoms with Gasteiger partial charge < -0.3 is 5.32 Å². The molecular formula is C10H17N5O2S. The standard InChI is InChI=1S/C10H17N5O2S/c16-18(17,10-7-12-13-8-10)15-3-1-14(2-4-15)9-5-11-6-9/h7-9,11H,1-6H2,(H,12,13). The number of hydrogen-bond acceptors (Lipinski definition) is 5. The van der Waals surface area contributed by atoms with E-state index in [1.165, 1.54) is 12.4 Å². The van der Waals surface area contributed by atoms with E-state index in [1.807, 2.05) is 0 Å². The van der Waals surface area contributed by atoms with Gasteiger partial charge in [0.2, 0.25) is 10.0 Å². The summed E-state index contributed by atoms with van der Waals surface area (Å²) in [5, 5.41) is 9.48. The lowest BCUT2D eigenvalue weighted by atomic mass is 10.1. The highest BCUT2D eigenvalue weighted by Gasteiger charge is 2.33. The third kappa shape index (κ3) is 2.05. The Morgan fingerprint density at radius 3 is 2.44 bits per heavy atom. The summed E-state index contributed by atoms with van der Waals surface area (Å²) in [7, 11) is -3.36. The molecule has 0 atom stereocenters. The van der Waals surface area contributed by atoms with Crippen molar-refractivity contribution >= 4 is 10.0 Å². The van der Waals surface area contributed by atoms with Gasteiger partial charge in [-0.3, -0.25) is 10.00 Å². The van der Waals surface area contributed by atoms with Gasteiger partial charge in [-0.1, -0.05) is 0 Å². The minimum atomic E-state index is -3.36. The van der Waals surface area contributed by atoms with Crippen LogP contribution in [0.1, 0.15) is 0 Å². The Balaban J connectivity index is 1.65. The zero-order valence-electron chi connectivity index (χ0n) is 10.0. The number of nitrogens with one attached hydrogen (secondary N) is 2. The molecule has 0 aliphatic carbocycles. The normalized spacial score (nSPS) is 24.0. The predicted octanol–water partition coefficient (Wildman–Crippen LogP) is -1.31. The quantitative estimate of drug-likeness (QED) is 0.713. The van der Waals surface area contributed by atoms with Crippen molar-refractivity contribution in [1.82, 2.24) is 24.7 Å². The molecule has 2 N–H and O–H groups in total. The Bertz CT molecular complexity index is 488. The highest BCUT2D eigenvalue weighted by molar-refractivity contribution is 7.89. The van der Waals surface area contributed by atoms with E-state index < -0.39 is 10.0 Å². The number of piperazine rings is 1. The Hall–Kier alpha value is -0.960. The molecule has 18 heavy (non-hydrogen) atoms. The van der Waals surface area contributed by atoms with Crippen LogP contribution < -0.4 is 5.32 Å². The van der Waals surface area contributed by atoms with Gasteiger partial charge in [-0.25, -0.2) is 8.42 Å². The molecule has 3 heterocycles. The van der Waals surface area contributed by atoms with Crippen LogP contribution in [0.25, 0.3) is 0 Å². The Morgan fingerprint density at radius 2 is 1.94 bits per heavy atom. The molecule has 8 heteroatoms. The van der Waals surface area contributed by atoms with Gasteiger partial charge in [0.1, 0.15) is 4.90 Å². The summed E-state index contributed by atoms with van der Waals surface area (Å²) in [4.78, 5) is 2.61. The van der Waals surface area contributed by atoms with E-state index in [2.05, 4.69) is 20.4 Å². The second-order valence-electron chi connectivity index (χ2n) is 4.69. The molecule has 2 saturated heterocycles. The van der Waals surface area contributed by atoms with Gasteiger partial charge in [-0.15, -0.1) is 0 Å². The van der Waals surface area contributed by atoms with Crippen molar-refractivity contribution in [1.29, 1.82) is 0 Å². The first-order valence-corrected chi connectivity index (χ1v) is 7.55. The van der Waals surface area contributed by atoms with Crippen molar-refractivity contribution in [2.75, 3.05) is 39.3 Å². The van der Waals surface area contributed by atoms with Crippen LogP contribution in [0.3, 0.4) is 0 Å². The lowest BCUT2D eigenvalue weighted by Crippen LogP contribution is -2.61. The van der Waals surface area contributed by atoms with E-state index in [-0.39, 0.29) is 4.90 Å². The number of sulfonamides is 1. The Morgan fingerprint density at radius 1 is 1.22 bits per heavy atom. The topological polar surface area (TPSA) is 81.3 Å². The predicted molar refractivity (Wildman–Crippen MR) is 65.6 cm³/mol. The highest BCUT2D eigenvalue weighted by atomic mass is 32.2. The first-order chi connectivity index (χ1) is 8.68. The van der Waals surface area contributed by atoms with Gasteiger partial charge in [0, 0.05) is 51.5 Å². The fourth-order valence-corrected chi connectivity index (χ4v) is 3.70. The molecule has 2 aliphatic rings. The number of aromatic amines is 1. The average Bonchev–Trinajstić information content (AvgIpc) is 2.81. The van der Waals surface area contributed by atoms with Gasteiger partial charge in [0.15, 0.2) is 0 Å². The molecule has 3 rings (SSSR count). The van der Waals surface area contributed by atoms with Crippen LogP contribution in [0, 0.1) is 0 Å². The summed E-state index contributed by atoms with van der Waals surface area (Å²) < 4.78 is 26.0. The van der Waals surface area contributed by atoms with E-state index in [4.69, 9.17) is 0 Å². The Kier molecular flexibility index (Phi) is 3.10. The molecule has 0 amide bonds. The van der Waals surface area contributed by atoms with Crippen molar-refractivity contribution in [3.05, 3.63) is 12.4 Å². The minimum absolute atomic E-state index is 0.251. The first kappa shape index (κ1) is 12.1. The van der Waals surface area contributed by atoms with Crippen molar-refractivity contribution in [2.24, 2.45) is 0 Å². The molecular weight excluding hydrogens is 254 g/mol. The third-order valence-corrected chi connectivity index (χ3v) is 5.52. The molecule has 0 unspecified atom stereocenters. The van der Waals surface area contributed by atoms with Gasteiger partial charge >= 0.3 is 0 Å². The summed E-state index contributed by atoms with van der Waals surface area (Å²) in [6, 6.07) is 0.587. The second kappa shape index (κ2) is 4.61. The zero-order chi connectivity index (χ0) is 12.6. The fourth-order valence-electron chi connectivity index (χ4n) is 2.37. The number of aromatic nitrogens is 2. The van der Waals surface area contributed by atoms with E-state index in [0.717, 1.165) is 26.2 Å². The average molecular weight is 271 g/mol. The monoisotopic (exact) mass is 271 g/mol. The maximum Gasteiger partial charge on any atom is 0.246 e. The number of nitrogens with zero attached hydrogens (tertiary/aromatic N) is 3. The Labute approximate surface area is 106 Å². The van der Waals surface area contributed by atoms with E-state index in [0.29, 0.717) is 19.1 Å². The third-order valence-electron chi connectivity index (χ3n) is 3.66. The van der Waals surface area contributed by atoms with Gasteiger partial charge in [-0.05, 0) is 0 Å². The molecule has 0 saturated carbocycles. The zero-order valence-corrected chi connectivity index (χ0v) is 10.9. The molecule has 2 aliphatic heterocycles. The molecule has 2 fully saturated rings. The smallest absolute Gasteiger partial charge is 0.246 e. The van der Waals surface area contributed by atoms with Crippen LogP contribution in [0.15, 0.2) is 17.3 Å². The summed E-state index contributed by atoms with van der Waals surface area (Å²) in [5.74, 6) is 0. The molecule has 100 valence electrons. The molecule has 7 nitrogen and oxygen atoms in total. The first-order valence-electron chi connectivity index (χ1n) is 6.11. The van der Waals surface area contributed by atoms with Crippen LogP contribution in [0.4, 0.5) is 0 Å². The number of hydrogen-bond donors (Lipinski definition) is 2. The maximum atomic E-state index is 12.2. The van der Waals surface area contributed by atoms with Crippen molar-refractivity contribution in [2.45, 2.75) is 10.9 Å². The molecule has 0 aromatic carbocycles. The molecule has 0 bridgehead atoms. The largest absolute Gasteiger partial charge is 0.314 e. The van der Waals surface area contributed by atoms with E-state index >= 15 is 0 Å².